The molecule has 1 aliphatic heterocycles. The van der Waals surface area contributed by atoms with Gasteiger partial charge in [-0.2, -0.15) is 5.10 Å². The first-order valence-corrected chi connectivity index (χ1v) is 10.2. The highest BCUT2D eigenvalue weighted by molar-refractivity contribution is 6.03. The van der Waals surface area contributed by atoms with Crippen LogP contribution in [0.4, 0.5) is 11.4 Å². The standard InChI is InChI=1S/C21H22N8O2/c1-11-17(28-9-14-6-16(14)21(28)31)8-24-19(26-11)13(3)29-10-15(7-25-29)27-20(30)18-12(2)22-4-5-23-18/h4-5,7-8,10,13-14,16H,6,9H2,1-3H3,(H,27,30)/t13-,14+,16+/m0/s1. The third kappa shape index (κ3) is 3.43. The van der Waals surface area contributed by atoms with Gasteiger partial charge in [0.1, 0.15) is 11.7 Å². The lowest BCUT2D eigenvalue weighted by Gasteiger charge is -2.20. The predicted molar refractivity (Wildman–Crippen MR) is 111 cm³/mol. The van der Waals surface area contributed by atoms with Crippen molar-refractivity contribution in [1.29, 1.82) is 0 Å². The summed E-state index contributed by atoms with van der Waals surface area (Å²) in [6.45, 7) is 6.31. The van der Waals surface area contributed by atoms with E-state index in [0.29, 0.717) is 23.1 Å². The highest BCUT2D eigenvalue weighted by atomic mass is 16.2. The summed E-state index contributed by atoms with van der Waals surface area (Å²) in [6.07, 6.45) is 9.05. The van der Waals surface area contributed by atoms with Crippen LogP contribution in [0.3, 0.4) is 0 Å². The van der Waals surface area contributed by atoms with Gasteiger partial charge in [-0.25, -0.2) is 15.0 Å². The van der Waals surface area contributed by atoms with Gasteiger partial charge in [0.2, 0.25) is 5.91 Å². The lowest BCUT2D eigenvalue weighted by molar-refractivity contribution is -0.118. The Morgan fingerprint density at radius 1 is 1.16 bits per heavy atom. The van der Waals surface area contributed by atoms with Gasteiger partial charge in [-0.05, 0) is 33.1 Å². The first-order valence-electron chi connectivity index (χ1n) is 10.2. The third-order valence-corrected chi connectivity index (χ3v) is 5.91. The number of rotatable bonds is 5. The minimum Gasteiger partial charge on any atom is -0.318 e. The molecule has 1 saturated carbocycles. The van der Waals surface area contributed by atoms with Gasteiger partial charge in [-0.3, -0.25) is 19.3 Å². The van der Waals surface area contributed by atoms with Gasteiger partial charge in [0.15, 0.2) is 5.82 Å². The molecular formula is C21H22N8O2. The zero-order chi connectivity index (χ0) is 21.7. The summed E-state index contributed by atoms with van der Waals surface area (Å²) in [5, 5.41) is 7.13. The van der Waals surface area contributed by atoms with Gasteiger partial charge in [-0.15, -0.1) is 0 Å². The molecule has 158 valence electrons. The number of amides is 2. The Kier molecular flexibility index (Phi) is 4.49. The molecule has 3 atom stereocenters. The van der Waals surface area contributed by atoms with E-state index >= 15 is 0 Å². The maximum absolute atomic E-state index is 12.4. The molecule has 0 bridgehead atoms. The number of hydrogen-bond acceptors (Lipinski definition) is 7. The smallest absolute Gasteiger partial charge is 0.276 e. The van der Waals surface area contributed by atoms with E-state index in [1.54, 1.807) is 41.3 Å². The van der Waals surface area contributed by atoms with Crippen LogP contribution in [0.1, 0.15) is 47.1 Å². The fourth-order valence-corrected chi connectivity index (χ4v) is 3.99. The summed E-state index contributed by atoms with van der Waals surface area (Å²) in [6, 6.07) is -0.251. The van der Waals surface area contributed by atoms with Crippen molar-refractivity contribution in [3.05, 3.63) is 53.9 Å². The Morgan fingerprint density at radius 2 is 1.97 bits per heavy atom. The summed E-state index contributed by atoms with van der Waals surface area (Å²) >= 11 is 0. The van der Waals surface area contributed by atoms with E-state index in [9.17, 15) is 9.59 Å². The zero-order valence-electron chi connectivity index (χ0n) is 17.5. The molecule has 4 heterocycles. The zero-order valence-corrected chi connectivity index (χ0v) is 17.5. The van der Waals surface area contributed by atoms with Gasteiger partial charge >= 0.3 is 0 Å². The van der Waals surface area contributed by atoms with E-state index in [1.807, 2.05) is 13.8 Å². The van der Waals surface area contributed by atoms with Crippen LogP contribution in [0.25, 0.3) is 0 Å². The van der Waals surface area contributed by atoms with Crippen molar-refractivity contribution < 1.29 is 9.59 Å². The van der Waals surface area contributed by atoms with Crippen molar-refractivity contribution in [2.45, 2.75) is 33.2 Å². The molecule has 10 heteroatoms. The Labute approximate surface area is 178 Å². The number of nitrogens with one attached hydrogen (secondary N) is 1. The van der Waals surface area contributed by atoms with Crippen molar-refractivity contribution in [2.24, 2.45) is 11.8 Å². The number of piperidine rings is 1. The molecule has 1 saturated heterocycles. The minimum atomic E-state index is -0.345. The Morgan fingerprint density at radius 3 is 2.68 bits per heavy atom. The fraction of sp³-hybridized carbons (Fsp3) is 0.381. The Hall–Kier alpha value is -3.69. The number of carbonyl (C=O) groups excluding carboxylic acids is 2. The highest BCUT2D eigenvalue weighted by Gasteiger charge is 2.52. The minimum absolute atomic E-state index is 0.184. The molecule has 0 spiro atoms. The largest absolute Gasteiger partial charge is 0.318 e. The van der Waals surface area contributed by atoms with E-state index < -0.39 is 0 Å². The van der Waals surface area contributed by atoms with Crippen LogP contribution in [0.5, 0.6) is 0 Å². The number of aromatic nitrogens is 6. The van der Waals surface area contributed by atoms with Crippen molar-refractivity contribution in [3.8, 4) is 0 Å². The lowest BCUT2D eigenvalue weighted by Crippen LogP contribution is -2.29. The number of nitrogens with zero attached hydrogens (tertiary/aromatic N) is 7. The summed E-state index contributed by atoms with van der Waals surface area (Å²) in [5.74, 6) is 1.12. The van der Waals surface area contributed by atoms with Crippen LogP contribution >= 0.6 is 0 Å². The van der Waals surface area contributed by atoms with Gasteiger partial charge in [0.25, 0.3) is 5.91 Å². The van der Waals surface area contributed by atoms with Gasteiger partial charge in [0.05, 0.1) is 35.2 Å². The molecule has 0 radical (unpaired) electrons. The molecule has 2 amide bonds. The second-order valence-electron chi connectivity index (χ2n) is 8.08. The highest BCUT2D eigenvalue weighted by Crippen LogP contribution is 2.47. The molecule has 0 aromatic carbocycles. The maximum Gasteiger partial charge on any atom is 0.276 e. The average Bonchev–Trinajstić information content (AvgIpc) is 3.26. The third-order valence-electron chi connectivity index (χ3n) is 5.91. The van der Waals surface area contributed by atoms with Crippen LogP contribution in [0, 0.1) is 25.7 Å². The predicted octanol–water partition coefficient (Wildman–Crippen LogP) is 1.92. The Balaban J connectivity index is 1.31. The molecule has 2 fully saturated rings. The monoisotopic (exact) mass is 418 g/mol. The van der Waals surface area contributed by atoms with Crippen molar-refractivity contribution in [1.82, 2.24) is 29.7 Å². The number of fused-ring (bicyclic) bond motifs is 1. The lowest BCUT2D eigenvalue weighted by atomic mass is 10.2. The quantitative estimate of drug-likeness (QED) is 0.672. The number of aryl methyl sites for hydroxylation is 2. The van der Waals surface area contributed by atoms with Crippen molar-refractivity contribution >= 4 is 23.2 Å². The second kappa shape index (κ2) is 7.22. The average molecular weight is 418 g/mol. The normalized spacial score (nSPS) is 20.5. The van der Waals surface area contributed by atoms with E-state index in [0.717, 1.165) is 24.3 Å². The first kappa shape index (κ1) is 19.3. The number of carbonyl (C=O) groups is 2. The van der Waals surface area contributed by atoms with E-state index in [-0.39, 0.29) is 29.5 Å². The molecule has 3 aromatic heterocycles. The molecule has 10 nitrogen and oxygen atoms in total. The number of anilines is 2. The van der Waals surface area contributed by atoms with Crippen molar-refractivity contribution in [3.63, 3.8) is 0 Å². The summed E-state index contributed by atoms with van der Waals surface area (Å²) in [4.78, 5) is 43.9. The van der Waals surface area contributed by atoms with E-state index in [1.165, 1.54) is 6.20 Å². The molecule has 0 unspecified atom stereocenters. The molecule has 5 rings (SSSR count). The van der Waals surface area contributed by atoms with Crippen LogP contribution < -0.4 is 10.2 Å². The fourth-order valence-electron chi connectivity index (χ4n) is 3.99. The first-order chi connectivity index (χ1) is 14.9. The molecule has 2 aliphatic rings. The van der Waals surface area contributed by atoms with Gasteiger partial charge in [0, 0.05) is 31.1 Å². The molecule has 3 aromatic rings. The summed E-state index contributed by atoms with van der Waals surface area (Å²) in [5.41, 5.74) is 2.91. The summed E-state index contributed by atoms with van der Waals surface area (Å²) in [7, 11) is 0. The molecule has 1 N–H and O–H groups in total. The van der Waals surface area contributed by atoms with Crippen LogP contribution in [-0.4, -0.2) is 48.1 Å². The van der Waals surface area contributed by atoms with E-state index in [2.05, 4.69) is 30.4 Å². The SMILES string of the molecule is Cc1nc([C@H](C)n2cc(NC(=O)c3nccnc3C)cn2)ncc1N1C[C@H]2C[C@H]2C1=O. The van der Waals surface area contributed by atoms with Gasteiger partial charge < -0.3 is 10.2 Å². The van der Waals surface area contributed by atoms with Crippen LogP contribution in [0.2, 0.25) is 0 Å². The van der Waals surface area contributed by atoms with Crippen LogP contribution in [0.15, 0.2) is 31.0 Å². The summed E-state index contributed by atoms with van der Waals surface area (Å²) < 4.78 is 1.68. The molecule has 1 aliphatic carbocycles. The second-order valence-corrected chi connectivity index (χ2v) is 8.08. The number of hydrogen-bond donors (Lipinski definition) is 1. The Bertz CT molecular complexity index is 1190. The molecular weight excluding hydrogens is 396 g/mol. The topological polar surface area (TPSA) is 119 Å². The van der Waals surface area contributed by atoms with E-state index in [4.69, 9.17) is 0 Å². The molecule has 31 heavy (non-hydrogen) atoms. The van der Waals surface area contributed by atoms with Crippen LogP contribution in [-0.2, 0) is 4.79 Å². The van der Waals surface area contributed by atoms with Crippen molar-refractivity contribution in [2.75, 3.05) is 16.8 Å². The maximum atomic E-state index is 12.4. The van der Waals surface area contributed by atoms with Gasteiger partial charge in [-0.1, -0.05) is 0 Å².